The zero-order valence-electron chi connectivity index (χ0n) is 8.53. The topological polar surface area (TPSA) is 43.8 Å². The van der Waals surface area contributed by atoms with Crippen LogP contribution in [0, 0.1) is 0 Å². The normalized spacial score (nSPS) is 13.2. The third-order valence-electron chi connectivity index (χ3n) is 2.31. The standard InChI is InChI=1S/C10H19N3/c1-3-4-5-6-9(11)10-12-7-8-13(10)2/h7-9H,3-6,11H2,1-2H3. The van der Waals surface area contributed by atoms with Crippen LogP contribution in [0.15, 0.2) is 12.4 Å². The van der Waals surface area contributed by atoms with Gasteiger partial charge in [-0.1, -0.05) is 26.2 Å². The van der Waals surface area contributed by atoms with Gasteiger partial charge in [-0.3, -0.25) is 0 Å². The van der Waals surface area contributed by atoms with Crippen molar-refractivity contribution in [2.24, 2.45) is 12.8 Å². The minimum atomic E-state index is 0.103. The van der Waals surface area contributed by atoms with E-state index in [2.05, 4.69) is 11.9 Å². The van der Waals surface area contributed by atoms with Gasteiger partial charge >= 0.3 is 0 Å². The smallest absolute Gasteiger partial charge is 0.125 e. The molecule has 3 heteroatoms. The fourth-order valence-corrected chi connectivity index (χ4v) is 1.48. The van der Waals surface area contributed by atoms with Crippen LogP contribution in [0.25, 0.3) is 0 Å². The summed E-state index contributed by atoms with van der Waals surface area (Å²) >= 11 is 0. The Kier molecular flexibility index (Phi) is 3.96. The van der Waals surface area contributed by atoms with Crippen molar-refractivity contribution in [1.29, 1.82) is 0 Å². The number of aromatic nitrogens is 2. The Balaban J connectivity index is 2.39. The average molecular weight is 181 g/mol. The summed E-state index contributed by atoms with van der Waals surface area (Å²) in [7, 11) is 1.99. The van der Waals surface area contributed by atoms with Gasteiger partial charge in [0.15, 0.2) is 0 Å². The summed E-state index contributed by atoms with van der Waals surface area (Å²) in [6.45, 7) is 2.20. The second-order valence-electron chi connectivity index (χ2n) is 3.50. The van der Waals surface area contributed by atoms with Gasteiger partial charge in [-0.2, -0.15) is 0 Å². The summed E-state index contributed by atoms with van der Waals surface area (Å²) in [5.74, 6) is 0.996. The first-order valence-corrected chi connectivity index (χ1v) is 4.98. The number of unbranched alkanes of at least 4 members (excludes halogenated alkanes) is 2. The third kappa shape index (κ3) is 2.84. The highest BCUT2D eigenvalue weighted by molar-refractivity contribution is 4.97. The van der Waals surface area contributed by atoms with Crippen molar-refractivity contribution >= 4 is 0 Å². The second kappa shape index (κ2) is 5.02. The number of nitrogens with zero attached hydrogens (tertiary/aromatic N) is 2. The predicted molar refractivity (Wildman–Crippen MR) is 54.3 cm³/mol. The molecule has 0 aliphatic carbocycles. The molecule has 1 aromatic heterocycles. The molecular weight excluding hydrogens is 162 g/mol. The quantitative estimate of drug-likeness (QED) is 0.706. The molecule has 0 aliphatic heterocycles. The van der Waals surface area contributed by atoms with Gasteiger partial charge in [-0.15, -0.1) is 0 Å². The van der Waals surface area contributed by atoms with Crippen LogP contribution in [0.3, 0.4) is 0 Å². The molecule has 1 atom stereocenters. The maximum atomic E-state index is 6.00. The fourth-order valence-electron chi connectivity index (χ4n) is 1.48. The second-order valence-corrected chi connectivity index (χ2v) is 3.50. The van der Waals surface area contributed by atoms with Crippen molar-refractivity contribution in [3.05, 3.63) is 18.2 Å². The van der Waals surface area contributed by atoms with Crippen molar-refractivity contribution in [2.45, 2.75) is 38.6 Å². The monoisotopic (exact) mass is 181 g/mol. The first kappa shape index (κ1) is 10.3. The first-order valence-electron chi connectivity index (χ1n) is 4.98. The molecular formula is C10H19N3. The minimum Gasteiger partial charge on any atom is -0.337 e. The zero-order chi connectivity index (χ0) is 9.68. The minimum absolute atomic E-state index is 0.103. The summed E-state index contributed by atoms with van der Waals surface area (Å²) in [6.07, 6.45) is 8.48. The number of aryl methyl sites for hydroxylation is 1. The van der Waals surface area contributed by atoms with E-state index in [4.69, 9.17) is 5.73 Å². The van der Waals surface area contributed by atoms with Gasteiger partial charge in [-0.05, 0) is 6.42 Å². The van der Waals surface area contributed by atoms with Crippen molar-refractivity contribution < 1.29 is 0 Å². The lowest BCUT2D eigenvalue weighted by molar-refractivity contribution is 0.543. The van der Waals surface area contributed by atoms with E-state index in [0.29, 0.717) is 0 Å². The maximum absolute atomic E-state index is 6.00. The van der Waals surface area contributed by atoms with E-state index in [1.807, 2.05) is 17.8 Å². The van der Waals surface area contributed by atoms with E-state index in [1.165, 1.54) is 19.3 Å². The van der Waals surface area contributed by atoms with Gasteiger partial charge in [0.25, 0.3) is 0 Å². The highest BCUT2D eigenvalue weighted by Gasteiger charge is 2.09. The molecule has 2 N–H and O–H groups in total. The Hall–Kier alpha value is -0.830. The van der Waals surface area contributed by atoms with Crippen LogP contribution in [0.2, 0.25) is 0 Å². The SMILES string of the molecule is CCCCCC(N)c1nccn1C. The third-order valence-corrected chi connectivity index (χ3v) is 2.31. The van der Waals surface area contributed by atoms with Gasteiger partial charge in [-0.25, -0.2) is 4.98 Å². The van der Waals surface area contributed by atoms with Gasteiger partial charge in [0.05, 0.1) is 6.04 Å². The van der Waals surface area contributed by atoms with Gasteiger partial charge in [0.1, 0.15) is 5.82 Å². The van der Waals surface area contributed by atoms with Crippen LogP contribution in [0.4, 0.5) is 0 Å². The molecule has 13 heavy (non-hydrogen) atoms. The Bertz CT molecular complexity index is 242. The van der Waals surface area contributed by atoms with E-state index in [1.54, 1.807) is 6.20 Å². The Labute approximate surface area is 80.0 Å². The number of imidazole rings is 1. The molecule has 0 aliphatic rings. The average Bonchev–Trinajstić information content (AvgIpc) is 2.52. The predicted octanol–water partition coefficient (Wildman–Crippen LogP) is 2.00. The van der Waals surface area contributed by atoms with E-state index in [-0.39, 0.29) is 6.04 Å². The largest absolute Gasteiger partial charge is 0.337 e. The fraction of sp³-hybridized carbons (Fsp3) is 0.700. The molecule has 0 saturated heterocycles. The van der Waals surface area contributed by atoms with E-state index < -0.39 is 0 Å². The lowest BCUT2D eigenvalue weighted by Crippen LogP contribution is -2.15. The van der Waals surface area contributed by atoms with Crippen molar-refractivity contribution in [3.63, 3.8) is 0 Å². The molecule has 1 unspecified atom stereocenters. The number of hydrogen-bond acceptors (Lipinski definition) is 2. The molecule has 1 heterocycles. The van der Waals surface area contributed by atoms with Crippen LogP contribution < -0.4 is 5.73 Å². The molecule has 0 fully saturated rings. The molecule has 74 valence electrons. The Morgan fingerprint density at radius 2 is 2.31 bits per heavy atom. The van der Waals surface area contributed by atoms with Crippen molar-refractivity contribution in [3.8, 4) is 0 Å². The lowest BCUT2D eigenvalue weighted by atomic mass is 10.1. The molecule has 1 rings (SSSR count). The maximum Gasteiger partial charge on any atom is 0.125 e. The highest BCUT2D eigenvalue weighted by Crippen LogP contribution is 2.14. The van der Waals surface area contributed by atoms with E-state index in [9.17, 15) is 0 Å². The van der Waals surface area contributed by atoms with Crippen LogP contribution >= 0.6 is 0 Å². The molecule has 0 radical (unpaired) electrons. The summed E-state index contributed by atoms with van der Waals surface area (Å²) in [4.78, 5) is 4.23. The molecule has 0 amide bonds. The van der Waals surface area contributed by atoms with Gasteiger partial charge in [0.2, 0.25) is 0 Å². The number of rotatable bonds is 5. The first-order chi connectivity index (χ1) is 6.25. The highest BCUT2D eigenvalue weighted by atomic mass is 15.1. The van der Waals surface area contributed by atoms with E-state index >= 15 is 0 Å². The zero-order valence-corrected chi connectivity index (χ0v) is 8.53. The van der Waals surface area contributed by atoms with Crippen molar-refractivity contribution in [1.82, 2.24) is 9.55 Å². The lowest BCUT2D eigenvalue weighted by Gasteiger charge is -2.10. The summed E-state index contributed by atoms with van der Waals surface area (Å²) in [6, 6.07) is 0.103. The van der Waals surface area contributed by atoms with Gasteiger partial charge in [0, 0.05) is 19.4 Å². The molecule has 1 aromatic rings. The number of hydrogen-bond donors (Lipinski definition) is 1. The summed E-state index contributed by atoms with van der Waals surface area (Å²) < 4.78 is 2.00. The molecule has 0 spiro atoms. The van der Waals surface area contributed by atoms with Crippen LogP contribution in [0.1, 0.15) is 44.5 Å². The Morgan fingerprint density at radius 3 is 2.85 bits per heavy atom. The summed E-state index contributed by atoms with van der Waals surface area (Å²) in [5, 5.41) is 0. The molecule has 3 nitrogen and oxygen atoms in total. The Morgan fingerprint density at radius 1 is 1.54 bits per heavy atom. The summed E-state index contributed by atoms with van der Waals surface area (Å²) in [5.41, 5.74) is 6.00. The van der Waals surface area contributed by atoms with Crippen LogP contribution in [-0.4, -0.2) is 9.55 Å². The van der Waals surface area contributed by atoms with E-state index in [0.717, 1.165) is 12.2 Å². The number of nitrogens with two attached hydrogens (primary N) is 1. The van der Waals surface area contributed by atoms with Crippen LogP contribution in [-0.2, 0) is 7.05 Å². The van der Waals surface area contributed by atoms with Crippen LogP contribution in [0.5, 0.6) is 0 Å². The van der Waals surface area contributed by atoms with Crippen molar-refractivity contribution in [2.75, 3.05) is 0 Å². The molecule has 0 bridgehead atoms. The molecule has 0 saturated carbocycles. The van der Waals surface area contributed by atoms with Gasteiger partial charge < -0.3 is 10.3 Å². The molecule has 0 aromatic carbocycles.